The predicted octanol–water partition coefficient (Wildman–Crippen LogP) is 10.8. The van der Waals surface area contributed by atoms with Gasteiger partial charge in [0.2, 0.25) is 0 Å². The number of carbonyl (C=O) groups excluding carboxylic acids is 2. The smallest absolute Gasteiger partial charge is 0.306 e. The quantitative estimate of drug-likeness (QED) is 0.0161. The Labute approximate surface area is 348 Å². The van der Waals surface area contributed by atoms with Gasteiger partial charge in [-0.05, 0) is 70.6 Å². The van der Waals surface area contributed by atoms with E-state index in [9.17, 15) is 24.2 Å². The molecular weight excluding hydrogens is 741 g/mol. The van der Waals surface area contributed by atoms with Crippen LogP contribution >= 0.6 is 7.82 Å². The van der Waals surface area contributed by atoms with Crippen molar-refractivity contribution in [3.8, 4) is 0 Å². The highest BCUT2D eigenvalue weighted by Crippen LogP contribution is 2.38. The third kappa shape index (κ3) is 41.6. The lowest BCUT2D eigenvalue weighted by Crippen LogP contribution is -2.37. The minimum atomic E-state index is -4.66. The minimum Gasteiger partial charge on any atom is -0.756 e. The van der Waals surface area contributed by atoms with Crippen molar-refractivity contribution in [2.75, 3.05) is 47.5 Å². The Morgan fingerprint density at radius 2 is 1.19 bits per heavy atom. The first-order chi connectivity index (χ1) is 27.4. The Morgan fingerprint density at radius 1 is 0.649 bits per heavy atom. The molecule has 0 aromatic carbocycles. The van der Waals surface area contributed by atoms with Crippen molar-refractivity contribution >= 4 is 19.8 Å². The summed E-state index contributed by atoms with van der Waals surface area (Å²) in [6.45, 7) is 4.01. The van der Waals surface area contributed by atoms with E-state index in [-0.39, 0.29) is 26.1 Å². The molecule has 57 heavy (non-hydrogen) atoms. The third-order valence-electron chi connectivity index (χ3n) is 9.09. The first kappa shape index (κ1) is 54.7. The molecule has 0 bridgehead atoms. The van der Waals surface area contributed by atoms with Crippen LogP contribution in [0, 0.1) is 0 Å². The molecule has 0 aliphatic rings. The van der Waals surface area contributed by atoms with E-state index in [1.807, 2.05) is 57.6 Å². The van der Waals surface area contributed by atoms with Crippen LogP contribution in [0.3, 0.4) is 0 Å². The average Bonchev–Trinajstić information content (AvgIpc) is 3.15. The number of hydrogen-bond acceptors (Lipinski definition) is 9. The van der Waals surface area contributed by atoms with Crippen LogP contribution < -0.4 is 4.89 Å². The predicted molar refractivity (Wildman–Crippen MR) is 232 cm³/mol. The molecule has 0 spiro atoms. The van der Waals surface area contributed by atoms with Crippen molar-refractivity contribution < 1.29 is 47.2 Å². The van der Waals surface area contributed by atoms with Gasteiger partial charge in [0, 0.05) is 12.8 Å². The second-order valence-corrected chi connectivity index (χ2v) is 17.3. The molecule has 0 aromatic heterocycles. The summed E-state index contributed by atoms with van der Waals surface area (Å²) in [7, 11) is 1.08. The number of hydrogen-bond donors (Lipinski definition) is 1. The number of quaternary nitrogens is 1. The summed E-state index contributed by atoms with van der Waals surface area (Å²) < 4.78 is 33.8. The second-order valence-electron chi connectivity index (χ2n) is 15.9. The van der Waals surface area contributed by atoms with Gasteiger partial charge in [-0.15, -0.1) is 0 Å². The molecule has 0 fully saturated rings. The first-order valence-corrected chi connectivity index (χ1v) is 23.6. The van der Waals surface area contributed by atoms with Crippen molar-refractivity contribution in [3.05, 3.63) is 60.8 Å². The number of aliphatic hydroxyl groups excluding tert-OH is 1. The van der Waals surface area contributed by atoms with Gasteiger partial charge in [0.05, 0.1) is 33.9 Å². The summed E-state index contributed by atoms with van der Waals surface area (Å²) in [6, 6.07) is 0. The van der Waals surface area contributed by atoms with E-state index in [0.717, 1.165) is 44.9 Å². The van der Waals surface area contributed by atoms with Gasteiger partial charge in [-0.1, -0.05) is 139 Å². The number of phosphoric acid groups is 1. The van der Waals surface area contributed by atoms with Crippen LogP contribution in [-0.4, -0.2) is 81.2 Å². The topological polar surface area (TPSA) is 131 Å². The van der Waals surface area contributed by atoms with Crippen LogP contribution in [0.15, 0.2) is 60.8 Å². The summed E-state index contributed by atoms with van der Waals surface area (Å²) in [4.78, 5) is 37.5. The standard InChI is InChI=1S/C46H82NO9P/c1-6-8-10-12-14-15-16-17-18-19-20-21-25-29-33-37-45(49)53-41-44(42-55-57(51,52)54-40-39-47(3,4)5)56-46(50)38-34-30-26-23-22-24-28-32-36-43(48)35-31-27-13-11-9-7-2/h17-18,23-24,26-28,31-32,36,43-44,48H,6-16,19-22,25,29-30,33-35,37-42H2,1-5H3/b18-17-,26-23-,28-24-,31-27-,36-32+/t43-,44+/m0/s1. The zero-order valence-electron chi connectivity index (χ0n) is 36.6. The highest BCUT2D eigenvalue weighted by Gasteiger charge is 2.21. The fraction of sp³-hybridized carbons (Fsp3) is 0.739. The molecule has 0 rings (SSSR count). The molecule has 0 radical (unpaired) electrons. The van der Waals surface area contributed by atoms with Gasteiger partial charge in [-0.3, -0.25) is 14.2 Å². The van der Waals surface area contributed by atoms with Gasteiger partial charge in [0.1, 0.15) is 19.8 Å². The molecule has 0 heterocycles. The third-order valence-corrected chi connectivity index (χ3v) is 10.1. The van der Waals surface area contributed by atoms with Crippen molar-refractivity contribution in [1.82, 2.24) is 0 Å². The number of aliphatic hydroxyl groups is 1. The van der Waals surface area contributed by atoms with E-state index in [4.69, 9.17) is 18.5 Å². The van der Waals surface area contributed by atoms with Crippen LogP contribution in [0.4, 0.5) is 0 Å². The summed E-state index contributed by atoms with van der Waals surface area (Å²) in [5, 5.41) is 10.0. The van der Waals surface area contributed by atoms with Crippen LogP contribution in [-0.2, 0) is 32.7 Å². The molecule has 0 aliphatic heterocycles. The Hall–Kier alpha value is -2.33. The number of rotatable bonds is 39. The summed E-state index contributed by atoms with van der Waals surface area (Å²) >= 11 is 0. The second kappa shape index (κ2) is 37.9. The summed E-state index contributed by atoms with van der Waals surface area (Å²) in [5.74, 6) is -0.953. The molecule has 0 aliphatic carbocycles. The summed E-state index contributed by atoms with van der Waals surface area (Å²) in [6.07, 6.45) is 41.4. The maximum atomic E-state index is 12.7. The number of unbranched alkanes of at least 4 members (excludes halogenated alkanes) is 15. The van der Waals surface area contributed by atoms with E-state index in [1.54, 1.807) is 6.08 Å². The fourth-order valence-electron chi connectivity index (χ4n) is 5.55. The zero-order chi connectivity index (χ0) is 42.3. The molecule has 0 amide bonds. The molecule has 0 saturated heterocycles. The Bertz CT molecular complexity index is 1170. The van der Waals surface area contributed by atoms with E-state index in [0.29, 0.717) is 36.7 Å². The number of ether oxygens (including phenoxy) is 2. The SMILES string of the molecule is CCCCC/C=C\C[C@H](O)/C=C/C=C\C/C=C\CCCC(=O)O[C@H](COC(=O)CCCCCCC/C=C\CCCCCCCC)COP(=O)([O-])OCC[N+](C)(C)C. The van der Waals surface area contributed by atoms with Gasteiger partial charge in [-0.2, -0.15) is 0 Å². The van der Waals surface area contributed by atoms with Gasteiger partial charge >= 0.3 is 11.9 Å². The Kier molecular flexibility index (Phi) is 36.4. The molecule has 1 unspecified atom stereocenters. The van der Waals surface area contributed by atoms with Crippen LogP contribution in [0.5, 0.6) is 0 Å². The first-order valence-electron chi connectivity index (χ1n) is 22.1. The van der Waals surface area contributed by atoms with Crippen molar-refractivity contribution in [1.29, 1.82) is 0 Å². The molecule has 0 aromatic rings. The number of nitrogens with zero attached hydrogens (tertiary/aromatic N) is 1. The number of carbonyl (C=O) groups is 2. The van der Waals surface area contributed by atoms with Gasteiger partial charge < -0.3 is 33.0 Å². The van der Waals surface area contributed by atoms with Crippen molar-refractivity contribution in [2.24, 2.45) is 0 Å². The monoisotopic (exact) mass is 824 g/mol. The van der Waals surface area contributed by atoms with E-state index in [1.165, 1.54) is 64.2 Å². The molecule has 330 valence electrons. The number of likely N-dealkylation sites (N-methyl/N-ethyl adjacent to an activating group) is 1. The van der Waals surface area contributed by atoms with E-state index < -0.39 is 38.6 Å². The Balaban J connectivity index is 4.55. The lowest BCUT2D eigenvalue weighted by Gasteiger charge is -2.28. The van der Waals surface area contributed by atoms with E-state index in [2.05, 4.69) is 32.1 Å². The largest absolute Gasteiger partial charge is 0.756 e. The maximum Gasteiger partial charge on any atom is 0.306 e. The molecule has 11 heteroatoms. The molecule has 0 saturated carbocycles. The average molecular weight is 824 g/mol. The van der Waals surface area contributed by atoms with Crippen LogP contribution in [0.2, 0.25) is 0 Å². The molecule has 3 atom stereocenters. The highest BCUT2D eigenvalue weighted by atomic mass is 31.2. The Morgan fingerprint density at radius 3 is 1.86 bits per heavy atom. The van der Waals surface area contributed by atoms with Crippen LogP contribution in [0.1, 0.15) is 162 Å². The van der Waals surface area contributed by atoms with Crippen LogP contribution in [0.25, 0.3) is 0 Å². The highest BCUT2D eigenvalue weighted by molar-refractivity contribution is 7.45. The normalized spacial score (nSPS) is 14.7. The maximum absolute atomic E-state index is 12.7. The zero-order valence-corrected chi connectivity index (χ0v) is 37.5. The van der Waals surface area contributed by atoms with E-state index >= 15 is 0 Å². The minimum absolute atomic E-state index is 0.0556. The fourth-order valence-corrected chi connectivity index (χ4v) is 6.28. The lowest BCUT2D eigenvalue weighted by molar-refractivity contribution is -0.870. The van der Waals surface area contributed by atoms with Gasteiger partial charge in [-0.25, -0.2) is 0 Å². The van der Waals surface area contributed by atoms with Crippen molar-refractivity contribution in [3.63, 3.8) is 0 Å². The molecule has 1 N–H and O–H groups in total. The molecule has 10 nitrogen and oxygen atoms in total. The number of phosphoric ester groups is 1. The number of allylic oxidation sites excluding steroid dienone is 8. The molecular formula is C46H82NO9P. The van der Waals surface area contributed by atoms with Gasteiger partial charge in [0.15, 0.2) is 6.10 Å². The lowest BCUT2D eigenvalue weighted by atomic mass is 10.1. The summed E-state index contributed by atoms with van der Waals surface area (Å²) in [5.41, 5.74) is 0. The van der Waals surface area contributed by atoms with Gasteiger partial charge in [0.25, 0.3) is 7.82 Å². The van der Waals surface area contributed by atoms with Crippen molar-refractivity contribution in [2.45, 2.75) is 174 Å². The number of esters is 2.